The summed E-state index contributed by atoms with van der Waals surface area (Å²) in [4.78, 5) is 8.47. The number of non-ortho nitro benzene ring substituents is 1. The third-order valence-corrected chi connectivity index (χ3v) is 6.93. The molecular formula is C22H16N6NaO9S2. The molecule has 0 fully saturated rings. The second kappa shape index (κ2) is 11.7. The van der Waals surface area contributed by atoms with Crippen molar-refractivity contribution < 1.29 is 36.0 Å². The zero-order valence-corrected chi connectivity index (χ0v) is 23.9. The van der Waals surface area contributed by atoms with Crippen LogP contribution >= 0.6 is 0 Å². The van der Waals surface area contributed by atoms with E-state index in [0.29, 0.717) is 0 Å². The average Bonchev–Trinajstić information content (AvgIpc) is 2.86. The van der Waals surface area contributed by atoms with E-state index in [-0.39, 0.29) is 57.4 Å². The SMILES string of the molecule is Nc1c(N=Nc2cccc([N+](=O)[O-])c2)c(S(=O)(=O)O)cc2cc(S(=O)(=O)O)c(N=Nc3ccccc3)c(O)c12.[Na]. The van der Waals surface area contributed by atoms with Crippen LogP contribution < -0.4 is 5.73 Å². The topological polar surface area (TPSA) is 248 Å². The van der Waals surface area contributed by atoms with Crippen molar-refractivity contribution in [2.75, 3.05) is 5.73 Å². The number of nitro benzene ring substituents is 1. The minimum atomic E-state index is -5.07. The number of fused-ring (bicyclic) bond motifs is 1. The average molecular weight is 596 g/mol. The number of benzene rings is 4. The molecule has 0 unspecified atom stereocenters. The Balaban J connectivity index is 0.00000441. The van der Waals surface area contributed by atoms with Gasteiger partial charge in [0.1, 0.15) is 21.2 Å². The molecule has 201 valence electrons. The first kappa shape index (κ1) is 30.7. The number of phenols is 1. The van der Waals surface area contributed by atoms with Crippen LogP contribution in [0.5, 0.6) is 5.75 Å². The fraction of sp³-hybridized carbons (Fsp3) is 0. The fourth-order valence-electron chi connectivity index (χ4n) is 3.48. The van der Waals surface area contributed by atoms with E-state index in [2.05, 4.69) is 20.5 Å². The monoisotopic (exact) mass is 595 g/mol. The molecule has 0 saturated heterocycles. The Hall–Kier alpha value is -3.84. The maximum Gasteiger partial charge on any atom is 0.296 e. The van der Waals surface area contributed by atoms with Gasteiger partial charge in [-0.3, -0.25) is 19.2 Å². The summed E-state index contributed by atoms with van der Waals surface area (Å²) in [6.45, 7) is 0. The van der Waals surface area contributed by atoms with E-state index in [9.17, 15) is 41.2 Å². The van der Waals surface area contributed by atoms with E-state index in [4.69, 9.17) is 5.73 Å². The summed E-state index contributed by atoms with van der Waals surface area (Å²) in [6, 6.07) is 14.3. The van der Waals surface area contributed by atoms with Crippen molar-refractivity contribution >= 4 is 94.7 Å². The predicted octanol–water partition coefficient (Wildman–Crippen LogP) is 4.98. The van der Waals surface area contributed by atoms with Gasteiger partial charge in [-0.05, 0) is 35.7 Å². The number of nitrogens with two attached hydrogens (primary N) is 1. The molecule has 0 bridgehead atoms. The smallest absolute Gasteiger partial charge is 0.296 e. The van der Waals surface area contributed by atoms with Crippen LogP contribution in [0.15, 0.2) is 97.0 Å². The zero-order chi connectivity index (χ0) is 28.5. The van der Waals surface area contributed by atoms with Crippen LogP contribution in [0, 0.1) is 10.1 Å². The number of hydrogen-bond donors (Lipinski definition) is 4. The van der Waals surface area contributed by atoms with Crippen LogP contribution in [-0.4, -0.2) is 65.5 Å². The van der Waals surface area contributed by atoms with Gasteiger partial charge in [0, 0.05) is 41.7 Å². The van der Waals surface area contributed by atoms with Crippen LogP contribution in [0.1, 0.15) is 0 Å². The van der Waals surface area contributed by atoms with E-state index in [1.807, 2.05) is 0 Å². The number of rotatable bonds is 7. The molecule has 1 radical (unpaired) electrons. The number of phenolic OH excluding ortho intramolecular Hbond substituents is 1. The Morgan fingerprint density at radius 1 is 0.750 bits per heavy atom. The number of nitrogen functional groups attached to an aromatic ring is 1. The molecule has 0 aliphatic rings. The van der Waals surface area contributed by atoms with Gasteiger partial charge in [0.2, 0.25) is 0 Å². The summed E-state index contributed by atoms with van der Waals surface area (Å²) < 4.78 is 68.0. The maximum atomic E-state index is 12.1. The summed E-state index contributed by atoms with van der Waals surface area (Å²) in [5.74, 6) is -0.911. The van der Waals surface area contributed by atoms with Gasteiger partial charge in [0.05, 0.1) is 27.4 Å². The first-order chi connectivity index (χ1) is 18.3. The van der Waals surface area contributed by atoms with Gasteiger partial charge in [-0.2, -0.15) is 27.1 Å². The summed E-state index contributed by atoms with van der Waals surface area (Å²) in [5.41, 5.74) is 4.00. The van der Waals surface area contributed by atoms with Crippen molar-refractivity contribution in [1.82, 2.24) is 0 Å². The van der Waals surface area contributed by atoms with Crippen LogP contribution in [-0.2, 0) is 20.2 Å². The van der Waals surface area contributed by atoms with E-state index in [0.717, 1.165) is 18.2 Å². The van der Waals surface area contributed by atoms with E-state index >= 15 is 0 Å². The number of nitro groups is 1. The fourth-order valence-corrected chi connectivity index (χ4v) is 4.81. The van der Waals surface area contributed by atoms with Crippen LogP contribution in [0.3, 0.4) is 0 Å². The second-order valence-electron chi connectivity index (χ2n) is 7.77. The molecule has 40 heavy (non-hydrogen) atoms. The number of nitrogens with zero attached hydrogens (tertiary/aromatic N) is 5. The molecule has 15 nitrogen and oxygen atoms in total. The minimum Gasteiger partial charge on any atom is -0.505 e. The molecule has 4 aromatic rings. The Morgan fingerprint density at radius 3 is 1.85 bits per heavy atom. The van der Waals surface area contributed by atoms with Gasteiger partial charge >= 0.3 is 0 Å². The van der Waals surface area contributed by atoms with Crippen LogP contribution in [0.4, 0.5) is 34.1 Å². The molecule has 0 spiro atoms. The number of azo groups is 2. The Kier molecular flexibility index (Phi) is 9.00. The van der Waals surface area contributed by atoms with Crippen LogP contribution in [0.25, 0.3) is 10.8 Å². The van der Waals surface area contributed by atoms with Gasteiger partial charge in [-0.15, -0.1) is 10.2 Å². The van der Waals surface area contributed by atoms with Crippen molar-refractivity contribution in [3.05, 3.63) is 76.8 Å². The van der Waals surface area contributed by atoms with Crippen molar-refractivity contribution in [3.8, 4) is 5.75 Å². The van der Waals surface area contributed by atoms with Gasteiger partial charge in [0.25, 0.3) is 25.9 Å². The largest absolute Gasteiger partial charge is 0.505 e. The first-order valence-electron chi connectivity index (χ1n) is 10.5. The van der Waals surface area contributed by atoms with Crippen molar-refractivity contribution in [1.29, 1.82) is 0 Å². The first-order valence-corrected chi connectivity index (χ1v) is 13.4. The molecule has 0 aliphatic carbocycles. The standard InChI is InChI=1S/C22H16N6O9S2.Na/c23-19-18-12(10-17(39(35,36)37)21(22(18)29)27-24-13-5-2-1-3-6-13)9-16(38(32,33)34)20(19)26-25-14-7-4-8-15(11-14)28(30)31;/h1-11,29H,23H2,(H,32,33,34)(H,35,36,37);. The molecule has 5 N–H and O–H groups in total. The minimum absolute atomic E-state index is 0. The molecule has 4 aromatic carbocycles. The molecule has 0 atom stereocenters. The molecule has 4 rings (SSSR count). The van der Waals surface area contributed by atoms with Gasteiger partial charge in [-0.1, -0.05) is 24.3 Å². The molecule has 0 aliphatic heterocycles. The number of anilines is 1. The summed E-state index contributed by atoms with van der Waals surface area (Å²) in [7, 11) is -10.1. The van der Waals surface area contributed by atoms with Crippen molar-refractivity contribution in [2.24, 2.45) is 20.5 Å². The van der Waals surface area contributed by atoms with Crippen LogP contribution in [0.2, 0.25) is 0 Å². The summed E-state index contributed by atoms with van der Waals surface area (Å²) >= 11 is 0. The molecule has 0 saturated carbocycles. The molecule has 18 heteroatoms. The Bertz CT molecular complexity index is 1920. The quantitative estimate of drug-likeness (QED) is 0.0557. The van der Waals surface area contributed by atoms with Gasteiger partial charge in [-0.25, -0.2) is 0 Å². The normalized spacial score (nSPS) is 12.2. The van der Waals surface area contributed by atoms with E-state index < -0.39 is 57.8 Å². The zero-order valence-electron chi connectivity index (χ0n) is 20.3. The Morgan fingerprint density at radius 2 is 1.27 bits per heavy atom. The van der Waals surface area contributed by atoms with Crippen molar-refractivity contribution in [3.63, 3.8) is 0 Å². The summed E-state index contributed by atoms with van der Waals surface area (Å²) in [6.07, 6.45) is 0. The third-order valence-electron chi connectivity index (χ3n) is 5.20. The van der Waals surface area contributed by atoms with E-state index in [1.165, 1.54) is 30.3 Å². The second-order valence-corrected chi connectivity index (χ2v) is 10.5. The number of hydrogen-bond acceptors (Lipinski definition) is 12. The Labute approximate surface area is 248 Å². The van der Waals surface area contributed by atoms with Gasteiger partial charge in [0.15, 0.2) is 5.75 Å². The molecule has 0 aromatic heterocycles. The van der Waals surface area contributed by atoms with E-state index in [1.54, 1.807) is 18.2 Å². The summed E-state index contributed by atoms with van der Waals surface area (Å²) in [5, 5.41) is 36.4. The molecular weight excluding hydrogens is 579 g/mol. The predicted molar refractivity (Wildman–Crippen MR) is 143 cm³/mol. The third kappa shape index (κ3) is 6.48. The number of aromatic hydroxyl groups is 1. The molecule has 0 amide bonds. The van der Waals surface area contributed by atoms with Crippen molar-refractivity contribution in [2.45, 2.75) is 9.79 Å². The maximum absolute atomic E-state index is 12.1. The molecule has 0 heterocycles. The van der Waals surface area contributed by atoms with Gasteiger partial charge < -0.3 is 10.8 Å².